The van der Waals surface area contributed by atoms with Crippen LogP contribution in [-0.4, -0.2) is 29.3 Å². The largest absolute Gasteiger partial charge is 0.391 e. The highest BCUT2D eigenvalue weighted by Gasteiger charge is 2.20. The first kappa shape index (κ1) is 10.4. The molecule has 3 N–H and O–H groups in total. The Kier molecular flexibility index (Phi) is 2.88. The van der Waals surface area contributed by atoms with Gasteiger partial charge in [-0.25, -0.2) is 4.98 Å². The van der Waals surface area contributed by atoms with E-state index in [4.69, 9.17) is 5.73 Å². The molecule has 2 atom stereocenters. The van der Waals surface area contributed by atoms with Crippen LogP contribution in [-0.2, 0) is 0 Å². The van der Waals surface area contributed by atoms with E-state index in [1.807, 2.05) is 25.3 Å². The van der Waals surface area contributed by atoms with Gasteiger partial charge >= 0.3 is 0 Å². The molecule has 1 aromatic rings. The van der Waals surface area contributed by atoms with Crippen molar-refractivity contribution in [3.8, 4) is 0 Å². The van der Waals surface area contributed by atoms with Gasteiger partial charge in [0.1, 0.15) is 5.82 Å². The minimum Gasteiger partial charge on any atom is -0.391 e. The second kappa shape index (κ2) is 4.16. The van der Waals surface area contributed by atoms with E-state index < -0.39 is 0 Å². The molecule has 2 rings (SSSR count). The fourth-order valence-electron chi connectivity index (χ4n) is 1.80. The van der Waals surface area contributed by atoms with E-state index in [0.29, 0.717) is 6.54 Å². The standard InChI is InChI=1S/C11H17N3O/c1-8(12)9-2-3-11(13-6-9)14-5-4-10(15)7-14/h2-3,6,8,10,15H,4-5,7,12H2,1H3/t8-,10?/m0/s1. The number of hydrogen-bond acceptors (Lipinski definition) is 4. The Morgan fingerprint density at radius 2 is 2.40 bits per heavy atom. The van der Waals surface area contributed by atoms with Crippen molar-refractivity contribution in [2.24, 2.45) is 5.73 Å². The Morgan fingerprint density at radius 3 is 2.87 bits per heavy atom. The molecule has 4 heteroatoms. The van der Waals surface area contributed by atoms with Gasteiger partial charge in [-0.05, 0) is 25.0 Å². The topological polar surface area (TPSA) is 62.4 Å². The summed E-state index contributed by atoms with van der Waals surface area (Å²) < 4.78 is 0. The van der Waals surface area contributed by atoms with Gasteiger partial charge in [-0.2, -0.15) is 0 Å². The lowest BCUT2D eigenvalue weighted by Crippen LogP contribution is -2.22. The molecular formula is C11H17N3O. The van der Waals surface area contributed by atoms with Crippen LogP contribution >= 0.6 is 0 Å². The summed E-state index contributed by atoms with van der Waals surface area (Å²) in [5.41, 5.74) is 6.79. The molecule has 1 fully saturated rings. The van der Waals surface area contributed by atoms with Crippen molar-refractivity contribution in [1.29, 1.82) is 0 Å². The van der Waals surface area contributed by atoms with E-state index in [9.17, 15) is 5.11 Å². The molecule has 0 amide bonds. The lowest BCUT2D eigenvalue weighted by Gasteiger charge is -2.17. The fraction of sp³-hybridized carbons (Fsp3) is 0.545. The lowest BCUT2D eigenvalue weighted by atomic mass is 10.1. The second-order valence-electron chi connectivity index (χ2n) is 4.13. The average molecular weight is 207 g/mol. The molecule has 4 nitrogen and oxygen atoms in total. The summed E-state index contributed by atoms with van der Waals surface area (Å²) in [4.78, 5) is 6.44. The van der Waals surface area contributed by atoms with Gasteiger partial charge in [-0.15, -0.1) is 0 Å². The minimum atomic E-state index is -0.208. The predicted octanol–water partition coefficient (Wildman–Crippen LogP) is 0.672. The predicted molar refractivity (Wildman–Crippen MR) is 59.7 cm³/mol. The third kappa shape index (κ3) is 2.27. The van der Waals surface area contributed by atoms with Crippen LogP contribution in [0.25, 0.3) is 0 Å². The van der Waals surface area contributed by atoms with Crippen molar-refractivity contribution >= 4 is 5.82 Å². The average Bonchev–Trinajstić information content (AvgIpc) is 2.65. The fourth-order valence-corrected chi connectivity index (χ4v) is 1.80. The van der Waals surface area contributed by atoms with Crippen molar-refractivity contribution in [3.63, 3.8) is 0 Å². The number of β-amino-alcohol motifs (C(OH)–C–C–N with tert-alkyl or cyclic N) is 1. The number of aromatic nitrogens is 1. The smallest absolute Gasteiger partial charge is 0.128 e. The number of hydrogen-bond donors (Lipinski definition) is 2. The van der Waals surface area contributed by atoms with Crippen LogP contribution in [0.2, 0.25) is 0 Å². The molecule has 0 aliphatic carbocycles. The Balaban J connectivity index is 2.10. The van der Waals surface area contributed by atoms with Gasteiger partial charge < -0.3 is 15.7 Å². The number of rotatable bonds is 2. The second-order valence-corrected chi connectivity index (χ2v) is 4.13. The van der Waals surface area contributed by atoms with E-state index >= 15 is 0 Å². The summed E-state index contributed by atoms with van der Waals surface area (Å²) in [7, 11) is 0. The van der Waals surface area contributed by atoms with E-state index in [0.717, 1.165) is 24.3 Å². The van der Waals surface area contributed by atoms with Crippen molar-refractivity contribution in [1.82, 2.24) is 4.98 Å². The molecule has 0 radical (unpaired) electrons. The molecular weight excluding hydrogens is 190 g/mol. The van der Waals surface area contributed by atoms with Gasteiger partial charge in [0, 0.05) is 25.3 Å². The Hall–Kier alpha value is -1.13. The highest BCUT2D eigenvalue weighted by molar-refractivity contribution is 5.41. The van der Waals surface area contributed by atoms with Crippen LogP contribution in [0.5, 0.6) is 0 Å². The summed E-state index contributed by atoms with van der Waals surface area (Å²) in [6.07, 6.45) is 2.43. The number of anilines is 1. The van der Waals surface area contributed by atoms with Crippen LogP contribution in [0.4, 0.5) is 5.82 Å². The Bertz CT molecular complexity index is 323. The molecule has 1 unspecified atom stereocenters. The zero-order valence-corrected chi connectivity index (χ0v) is 8.93. The zero-order chi connectivity index (χ0) is 10.8. The highest BCUT2D eigenvalue weighted by atomic mass is 16.3. The summed E-state index contributed by atoms with van der Waals surface area (Å²) in [6.45, 7) is 3.51. The quantitative estimate of drug-likeness (QED) is 0.748. The SMILES string of the molecule is C[C@H](N)c1ccc(N2CCC(O)C2)nc1. The van der Waals surface area contributed by atoms with Crippen LogP contribution in [0.15, 0.2) is 18.3 Å². The van der Waals surface area contributed by atoms with Gasteiger partial charge in [0.25, 0.3) is 0 Å². The maximum absolute atomic E-state index is 9.41. The molecule has 15 heavy (non-hydrogen) atoms. The third-order valence-electron chi connectivity index (χ3n) is 2.78. The van der Waals surface area contributed by atoms with Gasteiger partial charge in [0.2, 0.25) is 0 Å². The lowest BCUT2D eigenvalue weighted by molar-refractivity contribution is 0.198. The van der Waals surface area contributed by atoms with Crippen molar-refractivity contribution in [2.75, 3.05) is 18.0 Å². The first-order valence-electron chi connectivity index (χ1n) is 5.31. The summed E-state index contributed by atoms with van der Waals surface area (Å²) in [5.74, 6) is 0.927. The van der Waals surface area contributed by atoms with Crippen molar-refractivity contribution < 1.29 is 5.11 Å². The first-order chi connectivity index (χ1) is 7.16. The molecule has 0 aromatic carbocycles. The zero-order valence-electron chi connectivity index (χ0n) is 8.93. The van der Waals surface area contributed by atoms with E-state index in [1.54, 1.807) is 0 Å². The monoisotopic (exact) mass is 207 g/mol. The molecule has 82 valence electrons. The number of nitrogens with zero attached hydrogens (tertiary/aromatic N) is 2. The summed E-state index contributed by atoms with van der Waals surface area (Å²) >= 11 is 0. The molecule has 1 aliphatic heterocycles. The number of pyridine rings is 1. The maximum atomic E-state index is 9.41. The minimum absolute atomic E-state index is 0.0238. The molecule has 1 aliphatic rings. The molecule has 0 spiro atoms. The van der Waals surface area contributed by atoms with Crippen LogP contribution in [0.1, 0.15) is 24.9 Å². The number of aliphatic hydroxyl groups excluding tert-OH is 1. The van der Waals surface area contributed by atoms with Gasteiger partial charge in [0.05, 0.1) is 6.10 Å². The number of aliphatic hydroxyl groups is 1. The summed E-state index contributed by atoms with van der Waals surface area (Å²) in [6, 6.07) is 3.99. The van der Waals surface area contributed by atoms with Crippen LogP contribution < -0.4 is 10.6 Å². The molecule has 0 saturated carbocycles. The molecule has 1 saturated heterocycles. The van der Waals surface area contributed by atoms with Gasteiger partial charge in [-0.3, -0.25) is 0 Å². The van der Waals surface area contributed by atoms with Gasteiger partial charge in [-0.1, -0.05) is 6.07 Å². The molecule has 0 bridgehead atoms. The molecule has 1 aromatic heterocycles. The maximum Gasteiger partial charge on any atom is 0.128 e. The normalized spacial score (nSPS) is 23.1. The van der Waals surface area contributed by atoms with Crippen LogP contribution in [0, 0.1) is 0 Å². The first-order valence-corrected chi connectivity index (χ1v) is 5.31. The Labute approximate surface area is 89.7 Å². The van der Waals surface area contributed by atoms with E-state index in [-0.39, 0.29) is 12.1 Å². The van der Waals surface area contributed by atoms with Gasteiger partial charge in [0.15, 0.2) is 0 Å². The van der Waals surface area contributed by atoms with Crippen LogP contribution in [0.3, 0.4) is 0 Å². The molecule has 2 heterocycles. The van der Waals surface area contributed by atoms with E-state index in [2.05, 4.69) is 9.88 Å². The number of nitrogens with two attached hydrogens (primary N) is 1. The van der Waals surface area contributed by atoms with Crippen molar-refractivity contribution in [2.45, 2.75) is 25.5 Å². The third-order valence-corrected chi connectivity index (χ3v) is 2.78. The Morgan fingerprint density at radius 1 is 1.60 bits per heavy atom. The van der Waals surface area contributed by atoms with Crippen molar-refractivity contribution in [3.05, 3.63) is 23.9 Å². The van der Waals surface area contributed by atoms with E-state index in [1.165, 1.54) is 0 Å². The summed E-state index contributed by atoms with van der Waals surface area (Å²) in [5, 5.41) is 9.41. The highest BCUT2D eigenvalue weighted by Crippen LogP contribution is 2.19.